The molecule has 1 heterocycles. The summed E-state index contributed by atoms with van der Waals surface area (Å²) in [6, 6.07) is 3.56. The van der Waals surface area contributed by atoms with Gasteiger partial charge in [-0.3, -0.25) is 0 Å². The van der Waals surface area contributed by atoms with Gasteiger partial charge in [0.25, 0.3) is 0 Å². The quantitative estimate of drug-likeness (QED) is 0.783. The molecule has 114 valence electrons. The van der Waals surface area contributed by atoms with E-state index in [0.29, 0.717) is 30.9 Å². The average Bonchev–Trinajstić information content (AvgIpc) is 2.43. The molecule has 1 aromatic rings. The fourth-order valence-corrected chi connectivity index (χ4v) is 2.36. The van der Waals surface area contributed by atoms with Crippen LogP contribution in [0.5, 0.6) is 5.75 Å². The van der Waals surface area contributed by atoms with Gasteiger partial charge < -0.3 is 14.4 Å². The van der Waals surface area contributed by atoms with Crippen LogP contribution in [-0.2, 0) is 17.7 Å². The van der Waals surface area contributed by atoms with E-state index in [1.807, 2.05) is 26.8 Å². The smallest absolute Gasteiger partial charge is 0.410 e. The number of amides is 1. The van der Waals surface area contributed by atoms with Gasteiger partial charge in [0, 0.05) is 13.1 Å². The van der Waals surface area contributed by atoms with Gasteiger partial charge in [-0.2, -0.15) is 0 Å². The number of hydrogen-bond donors (Lipinski definition) is 0. The second-order valence-corrected chi connectivity index (χ2v) is 6.00. The van der Waals surface area contributed by atoms with Crippen LogP contribution in [0.1, 0.15) is 31.9 Å². The van der Waals surface area contributed by atoms with Crippen LogP contribution in [0.2, 0.25) is 0 Å². The van der Waals surface area contributed by atoms with Crippen LogP contribution in [0, 0.1) is 4.91 Å². The second-order valence-electron chi connectivity index (χ2n) is 6.00. The van der Waals surface area contributed by atoms with Crippen molar-refractivity contribution in [3.63, 3.8) is 0 Å². The van der Waals surface area contributed by atoms with Crippen molar-refractivity contribution in [2.45, 2.75) is 39.3 Å². The molecule has 0 spiro atoms. The lowest BCUT2D eigenvalue weighted by atomic mass is 9.97. The van der Waals surface area contributed by atoms with Gasteiger partial charge in [0.2, 0.25) is 0 Å². The first-order valence-corrected chi connectivity index (χ1v) is 6.85. The molecule has 0 bridgehead atoms. The highest BCUT2D eigenvalue weighted by Gasteiger charge is 2.28. The van der Waals surface area contributed by atoms with Crippen molar-refractivity contribution in [3.8, 4) is 5.75 Å². The van der Waals surface area contributed by atoms with Crippen LogP contribution < -0.4 is 4.74 Å². The first-order chi connectivity index (χ1) is 9.85. The van der Waals surface area contributed by atoms with Gasteiger partial charge in [-0.1, -0.05) is 6.07 Å². The molecule has 0 radical (unpaired) electrons. The lowest BCUT2D eigenvalue weighted by molar-refractivity contribution is 0.0224. The number of fused-ring (bicyclic) bond motifs is 1. The Hall–Kier alpha value is -2.11. The Balaban J connectivity index is 2.22. The van der Waals surface area contributed by atoms with E-state index in [-0.39, 0.29) is 6.09 Å². The molecule has 0 atom stereocenters. The van der Waals surface area contributed by atoms with Crippen molar-refractivity contribution >= 4 is 11.8 Å². The van der Waals surface area contributed by atoms with E-state index in [0.717, 1.165) is 11.1 Å². The molecule has 2 rings (SSSR count). The third-order valence-corrected chi connectivity index (χ3v) is 3.30. The van der Waals surface area contributed by atoms with Gasteiger partial charge in [0.05, 0.1) is 7.11 Å². The molecule has 0 aromatic heterocycles. The number of rotatable bonds is 2. The van der Waals surface area contributed by atoms with Crippen molar-refractivity contribution in [2.24, 2.45) is 5.18 Å². The van der Waals surface area contributed by atoms with Gasteiger partial charge in [-0.15, -0.1) is 4.91 Å². The van der Waals surface area contributed by atoms with Crippen molar-refractivity contribution in [2.75, 3.05) is 13.7 Å². The predicted molar refractivity (Wildman–Crippen MR) is 78.8 cm³/mol. The topological polar surface area (TPSA) is 68.2 Å². The standard InChI is InChI=1S/C15H20N2O4/c1-15(2,3)21-14(18)17-8-7-11-10(9-17)5-6-12(20-4)13(11)16-19/h5-6H,7-9H2,1-4H3. The van der Waals surface area contributed by atoms with E-state index in [1.54, 1.807) is 11.0 Å². The summed E-state index contributed by atoms with van der Waals surface area (Å²) in [6.07, 6.45) is 0.219. The Morgan fingerprint density at radius 1 is 1.33 bits per heavy atom. The minimum Gasteiger partial charge on any atom is -0.494 e. The molecule has 6 nitrogen and oxygen atoms in total. The highest BCUT2D eigenvalue weighted by atomic mass is 16.6. The Kier molecular flexibility index (Phi) is 4.16. The van der Waals surface area contributed by atoms with Gasteiger partial charge >= 0.3 is 6.09 Å². The van der Waals surface area contributed by atoms with E-state index >= 15 is 0 Å². The molecule has 0 saturated heterocycles. The molecule has 6 heteroatoms. The zero-order chi connectivity index (χ0) is 15.6. The van der Waals surface area contributed by atoms with Crippen LogP contribution >= 0.6 is 0 Å². The van der Waals surface area contributed by atoms with Gasteiger partial charge in [0.15, 0.2) is 5.69 Å². The van der Waals surface area contributed by atoms with Crippen molar-refractivity contribution in [1.82, 2.24) is 4.90 Å². The third kappa shape index (κ3) is 3.32. The number of ether oxygens (including phenoxy) is 2. The van der Waals surface area contributed by atoms with Crippen LogP contribution in [0.3, 0.4) is 0 Å². The highest BCUT2D eigenvalue weighted by molar-refractivity contribution is 5.70. The van der Waals surface area contributed by atoms with Crippen molar-refractivity contribution < 1.29 is 14.3 Å². The first kappa shape index (κ1) is 15.3. The van der Waals surface area contributed by atoms with Crippen molar-refractivity contribution in [1.29, 1.82) is 0 Å². The lowest BCUT2D eigenvalue weighted by Crippen LogP contribution is -2.39. The monoisotopic (exact) mass is 292 g/mol. The SMILES string of the molecule is COc1ccc2c(c1N=O)CCN(C(=O)OC(C)(C)C)C2. The van der Waals surface area contributed by atoms with E-state index in [4.69, 9.17) is 9.47 Å². The predicted octanol–water partition coefficient (Wildman–Crippen LogP) is 3.39. The number of nitrogens with zero attached hydrogens (tertiary/aromatic N) is 2. The molecule has 0 aliphatic carbocycles. The molecule has 1 amide bonds. The number of benzene rings is 1. The summed E-state index contributed by atoms with van der Waals surface area (Å²) >= 11 is 0. The van der Waals surface area contributed by atoms with Gasteiger partial charge in [0.1, 0.15) is 11.4 Å². The van der Waals surface area contributed by atoms with Crippen molar-refractivity contribution in [3.05, 3.63) is 28.2 Å². The number of methoxy groups -OCH3 is 1. The summed E-state index contributed by atoms with van der Waals surface area (Å²) in [4.78, 5) is 24.8. The second kappa shape index (κ2) is 5.71. The minimum absolute atomic E-state index is 0.332. The van der Waals surface area contributed by atoms with Gasteiger partial charge in [-0.05, 0) is 49.6 Å². The molecule has 0 N–H and O–H groups in total. The number of nitroso groups, excluding NO2 is 1. The zero-order valence-electron chi connectivity index (χ0n) is 12.8. The van der Waals surface area contributed by atoms with E-state index in [2.05, 4.69) is 5.18 Å². The van der Waals surface area contributed by atoms with Crippen LogP contribution in [0.15, 0.2) is 17.3 Å². The summed E-state index contributed by atoms with van der Waals surface area (Å²) < 4.78 is 10.5. The molecule has 0 saturated carbocycles. The summed E-state index contributed by atoms with van der Waals surface area (Å²) in [7, 11) is 1.51. The maximum Gasteiger partial charge on any atom is 0.410 e. The van der Waals surface area contributed by atoms with Crippen LogP contribution in [0.4, 0.5) is 10.5 Å². The van der Waals surface area contributed by atoms with E-state index in [9.17, 15) is 9.70 Å². The largest absolute Gasteiger partial charge is 0.494 e. The average molecular weight is 292 g/mol. The third-order valence-electron chi connectivity index (χ3n) is 3.30. The molecular formula is C15H20N2O4. The van der Waals surface area contributed by atoms with E-state index in [1.165, 1.54) is 7.11 Å². The Labute approximate surface area is 124 Å². The summed E-state index contributed by atoms with van der Waals surface area (Å²) in [5.74, 6) is 0.467. The Bertz CT molecular complexity index is 564. The molecule has 1 aromatic carbocycles. The lowest BCUT2D eigenvalue weighted by Gasteiger charge is -2.31. The molecule has 0 unspecified atom stereocenters. The minimum atomic E-state index is -0.521. The Morgan fingerprint density at radius 2 is 2.05 bits per heavy atom. The van der Waals surface area contributed by atoms with E-state index < -0.39 is 5.60 Å². The summed E-state index contributed by atoms with van der Waals surface area (Å²) in [5.41, 5.74) is 1.57. The number of hydrogen-bond acceptors (Lipinski definition) is 5. The molecule has 0 fully saturated rings. The Morgan fingerprint density at radius 3 is 2.62 bits per heavy atom. The number of carbonyl (C=O) groups excluding carboxylic acids is 1. The number of carbonyl (C=O) groups is 1. The van der Waals surface area contributed by atoms with Gasteiger partial charge in [-0.25, -0.2) is 4.79 Å². The fraction of sp³-hybridized carbons (Fsp3) is 0.533. The molecule has 21 heavy (non-hydrogen) atoms. The zero-order valence-corrected chi connectivity index (χ0v) is 12.8. The maximum absolute atomic E-state index is 12.1. The van der Waals surface area contributed by atoms with Crippen LogP contribution in [0.25, 0.3) is 0 Å². The maximum atomic E-state index is 12.1. The molecular weight excluding hydrogens is 272 g/mol. The first-order valence-electron chi connectivity index (χ1n) is 6.85. The fourth-order valence-electron chi connectivity index (χ4n) is 2.36. The summed E-state index contributed by atoms with van der Waals surface area (Å²) in [6.45, 7) is 6.42. The van der Waals surface area contributed by atoms with Crippen LogP contribution in [-0.4, -0.2) is 30.2 Å². The molecule has 1 aliphatic heterocycles. The highest BCUT2D eigenvalue weighted by Crippen LogP contribution is 2.36. The summed E-state index contributed by atoms with van der Waals surface area (Å²) in [5, 5.41) is 3.07. The normalized spacial score (nSPS) is 14.4. The molecule has 1 aliphatic rings.